The SMILES string of the molecule is Cl.N=C(N)c1ccc(OCCCCCCCCCCOc2ccc(CCOCCOCCCl)cc2)cc1. The molecule has 0 atom stereocenters. The Bertz CT molecular complexity index is 820. The van der Waals surface area contributed by atoms with Crippen molar-refractivity contribution >= 4 is 29.8 Å². The summed E-state index contributed by atoms with van der Waals surface area (Å²) in [4.78, 5) is 0. The Morgan fingerprint density at radius 1 is 0.622 bits per heavy atom. The van der Waals surface area contributed by atoms with Crippen LogP contribution in [0.1, 0.15) is 62.5 Å². The van der Waals surface area contributed by atoms with Crippen molar-refractivity contribution in [3.8, 4) is 11.5 Å². The van der Waals surface area contributed by atoms with Crippen molar-refractivity contribution in [2.24, 2.45) is 5.73 Å². The van der Waals surface area contributed by atoms with Crippen LogP contribution in [-0.2, 0) is 15.9 Å². The molecule has 0 amide bonds. The van der Waals surface area contributed by atoms with E-state index in [0.29, 0.717) is 32.3 Å². The van der Waals surface area contributed by atoms with Gasteiger partial charge < -0.3 is 24.7 Å². The molecule has 0 aliphatic heterocycles. The lowest BCUT2D eigenvalue weighted by molar-refractivity contribution is 0.0548. The molecule has 0 radical (unpaired) electrons. The largest absolute Gasteiger partial charge is 0.494 e. The maximum atomic E-state index is 7.40. The number of alkyl halides is 1. The van der Waals surface area contributed by atoms with Gasteiger partial charge in [0.1, 0.15) is 17.3 Å². The van der Waals surface area contributed by atoms with Crippen molar-refractivity contribution in [3.05, 3.63) is 59.7 Å². The molecule has 2 aromatic rings. The van der Waals surface area contributed by atoms with Gasteiger partial charge in [-0.15, -0.1) is 24.0 Å². The van der Waals surface area contributed by atoms with E-state index in [1.165, 1.54) is 44.1 Å². The number of unbranched alkanes of at least 4 members (excludes halogenated alkanes) is 7. The van der Waals surface area contributed by atoms with Crippen LogP contribution in [-0.4, -0.2) is 51.4 Å². The van der Waals surface area contributed by atoms with Crippen molar-refractivity contribution in [1.82, 2.24) is 0 Å². The average Bonchev–Trinajstić information content (AvgIpc) is 2.90. The Balaban J connectivity index is 0.00000684. The Morgan fingerprint density at radius 3 is 1.57 bits per heavy atom. The Labute approximate surface area is 234 Å². The van der Waals surface area contributed by atoms with Gasteiger partial charge in [0.2, 0.25) is 0 Å². The van der Waals surface area contributed by atoms with Crippen LogP contribution >= 0.6 is 24.0 Å². The van der Waals surface area contributed by atoms with Gasteiger partial charge in [-0.25, -0.2) is 0 Å². The zero-order chi connectivity index (χ0) is 25.7. The fraction of sp³-hybridized carbons (Fsp3) is 0.552. The van der Waals surface area contributed by atoms with E-state index in [1.54, 1.807) is 0 Å². The molecule has 0 bridgehead atoms. The second kappa shape index (κ2) is 22.0. The molecule has 208 valence electrons. The highest BCUT2D eigenvalue weighted by Gasteiger charge is 2.00. The van der Waals surface area contributed by atoms with Crippen LogP contribution in [0.4, 0.5) is 0 Å². The summed E-state index contributed by atoms with van der Waals surface area (Å²) in [5.41, 5.74) is 7.43. The van der Waals surface area contributed by atoms with Crippen LogP contribution in [0.2, 0.25) is 0 Å². The van der Waals surface area contributed by atoms with E-state index < -0.39 is 0 Å². The molecule has 6 nitrogen and oxygen atoms in total. The zero-order valence-electron chi connectivity index (χ0n) is 21.9. The second-order valence-corrected chi connectivity index (χ2v) is 9.15. The first-order chi connectivity index (χ1) is 17.7. The van der Waals surface area contributed by atoms with Gasteiger partial charge in [0.15, 0.2) is 0 Å². The first-order valence-corrected chi connectivity index (χ1v) is 13.7. The second-order valence-electron chi connectivity index (χ2n) is 8.77. The van der Waals surface area contributed by atoms with E-state index in [9.17, 15) is 0 Å². The van der Waals surface area contributed by atoms with Gasteiger partial charge in [0, 0.05) is 11.4 Å². The number of halogens is 2. The van der Waals surface area contributed by atoms with E-state index in [-0.39, 0.29) is 18.2 Å². The molecule has 0 saturated heterocycles. The van der Waals surface area contributed by atoms with E-state index >= 15 is 0 Å². The molecule has 0 unspecified atom stereocenters. The Morgan fingerprint density at radius 2 is 1.08 bits per heavy atom. The van der Waals surface area contributed by atoms with Crippen LogP contribution in [0.3, 0.4) is 0 Å². The fourth-order valence-corrected chi connectivity index (χ4v) is 3.80. The average molecular weight is 556 g/mol. The molecule has 0 aliphatic rings. The standard InChI is InChI=1S/C29H43ClN2O4.ClH/c30-18-22-34-24-23-33-21-17-25-9-13-27(14-10-25)35-19-7-5-3-1-2-4-6-8-20-36-28-15-11-26(12-16-28)29(31)32;/h9-16H,1-8,17-24H2,(H3,31,32);1H. The molecule has 0 fully saturated rings. The van der Waals surface area contributed by atoms with Crippen molar-refractivity contribution in [2.45, 2.75) is 57.8 Å². The number of hydrogen-bond acceptors (Lipinski definition) is 5. The third-order valence-corrected chi connectivity index (χ3v) is 5.95. The monoisotopic (exact) mass is 554 g/mol. The molecule has 0 aromatic heterocycles. The summed E-state index contributed by atoms with van der Waals surface area (Å²) in [5, 5.41) is 7.40. The minimum Gasteiger partial charge on any atom is -0.494 e. The maximum Gasteiger partial charge on any atom is 0.122 e. The number of nitrogens with one attached hydrogen (secondary N) is 1. The van der Waals surface area contributed by atoms with Gasteiger partial charge in [-0.2, -0.15) is 0 Å². The molecule has 8 heteroatoms. The number of hydrogen-bond donors (Lipinski definition) is 2. The quantitative estimate of drug-likeness (QED) is 0.0724. The van der Waals surface area contributed by atoms with E-state index in [1.807, 2.05) is 36.4 Å². The normalized spacial score (nSPS) is 10.6. The zero-order valence-corrected chi connectivity index (χ0v) is 23.5. The summed E-state index contributed by atoms with van der Waals surface area (Å²) < 4.78 is 22.5. The molecule has 0 saturated carbocycles. The molecular weight excluding hydrogens is 511 g/mol. The predicted molar refractivity (Wildman–Crippen MR) is 155 cm³/mol. The highest BCUT2D eigenvalue weighted by molar-refractivity contribution is 6.17. The summed E-state index contributed by atoms with van der Waals surface area (Å²) in [6.45, 7) is 3.97. The Kier molecular flexibility index (Phi) is 19.7. The van der Waals surface area contributed by atoms with Crippen LogP contribution in [0.5, 0.6) is 11.5 Å². The highest BCUT2D eigenvalue weighted by Crippen LogP contribution is 2.15. The number of ether oxygens (including phenoxy) is 4. The highest BCUT2D eigenvalue weighted by atomic mass is 35.5. The van der Waals surface area contributed by atoms with E-state index in [2.05, 4.69) is 12.1 Å². The third-order valence-electron chi connectivity index (χ3n) is 5.79. The topological polar surface area (TPSA) is 86.8 Å². The first-order valence-electron chi connectivity index (χ1n) is 13.2. The summed E-state index contributed by atoms with van der Waals surface area (Å²) in [5.74, 6) is 2.38. The van der Waals surface area contributed by atoms with Crippen molar-refractivity contribution in [1.29, 1.82) is 5.41 Å². The van der Waals surface area contributed by atoms with Crippen molar-refractivity contribution < 1.29 is 18.9 Å². The maximum absolute atomic E-state index is 7.40. The van der Waals surface area contributed by atoms with Gasteiger partial charge >= 0.3 is 0 Å². The van der Waals surface area contributed by atoms with Gasteiger partial charge in [-0.05, 0) is 61.2 Å². The lowest BCUT2D eigenvalue weighted by Gasteiger charge is -2.08. The summed E-state index contributed by atoms with van der Waals surface area (Å²) in [6, 6.07) is 15.7. The van der Waals surface area contributed by atoms with Crippen LogP contribution < -0.4 is 15.2 Å². The minimum atomic E-state index is 0. The van der Waals surface area contributed by atoms with E-state index in [0.717, 1.165) is 49.5 Å². The molecule has 0 spiro atoms. The summed E-state index contributed by atoms with van der Waals surface area (Å²) in [7, 11) is 0. The first kappa shape index (κ1) is 33.0. The lowest BCUT2D eigenvalue weighted by Crippen LogP contribution is -2.10. The minimum absolute atomic E-state index is 0. The molecule has 0 aliphatic carbocycles. The van der Waals surface area contributed by atoms with Gasteiger partial charge in [-0.1, -0.05) is 50.7 Å². The third kappa shape index (κ3) is 16.5. The summed E-state index contributed by atoms with van der Waals surface area (Å²) >= 11 is 5.55. The predicted octanol–water partition coefficient (Wildman–Crippen LogP) is 6.79. The summed E-state index contributed by atoms with van der Waals surface area (Å²) in [6.07, 6.45) is 10.5. The van der Waals surface area contributed by atoms with Gasteiger partial charge in [0.05, 0.1) is 39.6 Å². The van der Waals surface area contributed by atoms with Crippen molar-refractivity contribution in [3.63, 3.8) is 0 Å². The fourth-order valence-electron chi connectivity index (χ4n) is 3.69. The molecule has 2 rings (SSSR count). The lowest BCUT2D eigenvalue weighted by atomic mass is 10.1. The molecule has 0 heterocycles. The smallest absolute Gasteiger partial charge is 0.122 e. The molecule has 37 heavy (non-hydrogen) atoms. The number of amidine groups is 1. The number of benzene rings is 2. The Hall–Kier alpha value is -1.99. The molecule has 3 N–H and O–H groups in total. The number of nitrogens with two attached hydrogens (primary N) is 1. The van der Waals surface area contributed by atoms with Crippen molar-refractivity contribution in [2.75, 3.05) is 45.5 Å². The molecule has 2 aromatic carbocycles. The number of rotatable bonds is 22. The van der Waals surface area contributed by atoms with Crippen LogP contribution in [0, 0.1) is 5.41 Å². The van der Waals surface area contributed by atoms with Gasteiger partial charge in [-0.3, -0.25) is 5.41 Å². The van der Waals surface area contributed by atoms with Crippen LogP contribution in [0.15, 0.2) is 48.5 Å². The van der Waals surface area contributed by atoms with Crippen LogP contribution in [0.25, 0.3) is 0 Å². The van der Waals surface area contributed by atoms with Gasteiger partial charge in [0.25, 0.3) is 0 Å². The molecular formula is C29H44Cl2N2O4. The van der Waals surface area contributed by atoms with E-state index in [4.69, 9.17) is 41.7 Å². The number of nitrogen functional groups attached to an aromatic ring is 1.